The van der Waals surface area contributed by atoms with Crippen molar-refractivity contribution < 1.29 is 31.3 Å². The molecule has 2 aromatic rings. The molecule has 1 amide bonds. The van der Waals surface area contributed by atoms with Crippen LogP contribution in [-0.4, -0.2) is 61.5 Å². The molecule has 1 aliphatic heterocycles. The summed E-state index contributed by atoms with van der Waals surface area (Å²) in [4.78, 5) is 14.3. The van der Waals surface area contributed by atoms with Crippen molar-refractivity contribution in [2.24, 2.45) is 0 Å². The molecule has 0 bridgehead atoms. The monoisotopic (exact) mass is 429 g/mol. The first-order valence-electron chi connectivity index (χ1n) is 8.98. The number of halogens is 2. The summed E-state index contributed by atoms with van der Waals surface area (Å²) >= 11 is 0. The van der Waals surface area contributed by atoms with Gasteiger partial charge in [0.05, 0.1) is 5.56 Å². The van der Waals surface area contributed by atoms with Crippen LogP contribution in [0.1, 0.15) is 28.2 Å². The van der Waals surface area contributed by atoms with Crippen LogP contribution in [0.4, 0.5) is 8.78 Å². The molecule has 8 nitrogen and oxygen atoms in total. The zero-order chi connectivity index (χ0) is 21.2. The summed E-state index contributed by atoms with van der Waals surface area (Å²) in [6, 6.07) is 5.75. The summed E-state index contributed by atoms with van der Waals surface area (Å²) in [5, 5.41) is 3.70. The van der Waals surface area contributed by atoms with E-state index < -0.39 is 22.5 Å². The Kier molecular flexibility index (Phi) is 6.18. The van der Waals surface area contributed by atoms with Gasteiger partial charge in [-0.1, -0.05) is 17.3 Å². The molecule has 158 valence electrons. The number of aromatic nitrogens is 1. The van der Waals surface area contributed by atoms with Crippen LogP contribution < -0.4 is 4.74 Å². The van der Waals surface area contributed by atoms with Gasteiger partial charge in [0.15, 0.2) is 5.76 Å². The van der Waals surface area contributed by atoms with E-state index in [1.165, 1.54) is 34.3 Å². The summed E-state index contributed by atoms with van der Waals surface area (Å²) in [5.41, 5.74) is 0.285. The number of hydrogen-bond acceptors (Lipinski definition) is 6. The first-order chi connectivity index (χ1) is 13.7. The number of ether oxygens (including phenoxy) is 1. The van der Waals surface area contributed by atoms with Gasteiger partial charge in [-0.05, 0) is 32.4 Å². The number of aryl methyl sites for hydroxylation is 2. The molecule has 1 saturated heterocycles. The van der Waals surface area contributed by atoms with E-state index in [0.717, 1.165) is 0 Å². The quantitative estimate of drug-likeness (QED) is 0.725. The molecule has 0 spiro atoms. The van der Waals surface area contributed by atoms with Crippen molar-refractivity contribution in [2.75, 3.05) is 26.2 Å². The molecule has 0 atom stereocenters. The van der Waals surface area contributed by atoms with Crippen molar-refractivity contribution in [2.45, 2.75) is 31.8 Å². The first kappa shape index (κ1) is 21.2. The fraction of sp³-hybridized carbons (Fsp3) is 0.444. The lowest BCUT2D eigenvalue weighted by Crippen LogP contribution is -2.37. The molecule has 1 aromatic carbocycles. The molecule has 0 radical (unpaired) electrons. The third-order valence-corrected chi connectivity index (χ3v) is 6.79. The molecule has 0 unspecified atom stereocenters. The van der Waals surface area contributed by atoms with Gasteiger partial charge >= 0.3 is 6.61 Å². The van der Waals surface area contributed by atoms with Crippen LogP contribution in [0.2, 0.25) is 0 Å². The molecule has 1 aromatic heterocycles. The van der Waals surface area contributed by atoms with Crippen LogP contribution in [0, 0.1) is 13.8 Å². The minimum atomic E-state index is -3.83. The molecule has 1 aliphatic rings. The molecular formula is C18H21F2N3O5S. The summed E-state index contributed by atoms with van der Waals surface area (Å²) in [5.74, 6) is -0.493. The zero-order valence-electron chi connectivity index (χ0n) is 16.0. The Labute approximate surface area is 167 Å². The lowest BCUT2D eigenvalue weighted by Gasteiger charge is -2.22. The number of nitrogens with zero attached hydrogens (tertiary/aromatic N) is 3. The van der Waals surface area contributed by atoms with Gasteiger partial charge in [-0.15, -0.1) is 0 Å². The maximum atomic E-state index is 13.0. The Morgan fingerprint density at radius 3 is 2.55 bits per heavy atom. The van der Waals surface area contributed by atoms with E-state index in [1.807, 2.05) is 0 Å². The van der Waals surface area contributed by atoms with Gasteiger partial charge < -0.3 is 14.2 Å². The molecular weight excluding hydrogens is 408 g/mol. The van der Waals surface area contributed by atoms with E-state index in [1.54, 1.807) is 13.0 Å². The first-order valence-corrected chi connectivity index (χ1v) is 10.4. The summed E-state index contributed by atoms with van der Waals surface area (Å²) in [6.45, 7) is 0.711. The molecule has 0 N–H and O–H groups in total. The molecule has 0 saturated carbocycles. The van der Waals surface area contributed by atoms with Crippen LogP contribution >= 0.6 is 0 Å². The molecule has 2 heterocycles. The van der Waals surface area contributed by atoms with Gasteiger partial charge in [-0.25, -0.2) is 8.42 Å². The Balaban J connectivity index is 1.78. The highest BCUT2D eigenvalue weighted by Gasteiger charge is 2.33. The van der Waals surface area contributed by atoms with Crippen molar-refractivity contribution in [1.29, 1.82) is 0 Å². The van der Waals surface area contributed by atoms with E-state index in [4.69, 9.17) is 4.52 Å². The Morgan fingerprint density at radius 1 is 1.17 bits per heavy atom. The van der Waals surface area contributed by atoms with E-state index in [2.05, 4.69) is 9.89 Å². The fourth-order valence-electron chi connectivity index (χ4n) is 3.32. The van der Waals surface area contributed by atoms with Gasteiger partial charge in [0.2, 0.25) is 10.0 Å². The molecule has 0 aliphatic carbocycles. The summed E-state index contributed by atoms with van der Waals surface area (Å²) < 4.78 is 61.9. The SMILES string of the molecule is Cc1noc(C)c1S(=O)(=O)N1CCCN(C(=O)c2ccccc2OC(F)F)CC1. The Morgan fingerprint density at radius 2 is 1.90 bits per heavy atom. The molecule has 3 rings (SSSR count). The second kappa shape index (κ2) is 8.46. The molecule has 1 fully saturated rings. The van der Waals surface area contributed by atoms with Crippen LogP contribution in [0.25, 0.3) is 0 Å². The van der Waals surface area contributed by atoms with Gasteiger partial charge in [0, 0.05) is 26.2 Å². The predicted octanol–water partition coefficient (Wildman–Crippen LogP) is 2.43. The number of para-hydroxylation sites is 1. The van der Waals surface area contributed by atoms with Crippen molar-refractivity contribution >= 4 is 15.9 Å². The third-order valence-electron chi connectivity index (χ3n) is 4.64. The predicted molar refractivity (Wildman–Crippen MR) is 98.3 cm³/mol. The number of carbonyl (C=O) groups is 1. The smallest absolute Gasteiger partial charge is 0.387 e. The Bertz CT molecular complexity index is 974. The average molecular weight is 429 g/mol. The second-order valence-electron chi connectivity index (χ2n) is 6.58. The van der Waals surface area contributed by atoms with Crippen LogP contribution in [0.15, 0.2) is 33.7 Å². The minimum absolute atomic E-state index is 0.00910. The topological polar surface area (TPSA) is 93.0 Å². The Hall–Kier alpha value is -2.53. The minimum Gasteiger partial charge on any atom is -0.434 e. The maximum Gasteiger partial charge on any atom is 0.387 e. The highest BCUT2D eigenvalue weighted by molar-refractivity contribution is 7.89. The number of sulfonamides is 1. The highest BCUT2D eigenvalue weighted by Crippen LogP contribution is 2.26. The lowest BCUT2D eigenvalue weighted by atomic mass is 10.1. The number of amides is 1. The van der Waals surface area contributed by atoms with Gasteiger partial charge in [-0.3, -0.25) is 4.79 Å². The van der Waals surface area contributed by atoms with Crippen molar-refractivity contribution in [3.63, 3.8) is 0 Å². The van der Waals surface area contributed by atoms with Gasteiger partial charge in [-0.2, -0.15) is 13.1 Å². The number of carbonyl (C=O) groups excluding carboxylic acids is 1. The van der Waals surface area contributed by atoms with E-state index in [0.29, 0.717) is 6.42 Å². The van der Waals surface area contributed by atoms with Crippen molar-refractivity contribution in [1.82, 2.24) is 14.4 Å². The standard InChI is InChI=1S/C18H21F2N3O5S/c1-12-16(13(2)28-21-12)29(25,26)23-9-5-8-22(10-11-23)17(24)14-6-3-4-7-15(14)27-18(19)20/h3-4,6-7,18H,5,8-11H2,1-2H3. The molecule has 11 heteroatoms. The largest absolute Gasteiger partial charge is 0.434 e. The van der Waals surface area contributed by atoms with Crippen molar-refractivity contribution in [3.05, 3.63) is 41.3 Å². The second-order valence-corrected chi connectivity index (χ2v) is 8.45. The van der Waals surface area contributed by atoms with Crippen LogP contribution in [0.5, 0.6) is 5.75 Å². The lowest BCUT2D eigenvalue weighted by molar-refractivity contribution is -0.0502. The van der Waals surface area contributed by atoms with Crippen LogP contribution in [0.3, 0.4) is 0 Å². The highest BCUT2D eigenvalue weighted by atomic mass is 32.2. The molecule has 29 heavy (non-hydrogen) atoms. The van der Waals surface area contributed by atoms with E-state index in [9.17, 15) is 22.0 Å². The fourth-order valence-corrected chi connectivity index (χ4v) is 5.08. The van der Waals surface area contributed by atoms with Crippen LogP contribution in [-0.2, 0) is 10.0 Å². The van der Waals surface area contributed by atoms with E-state index >= 15 is 0 Å². The number of rotatable bonds is 5. The summed E-state index contributed by atoms with van der Waals surface area (Å²) in [6.07, 6.45) is 0.395. The van der Waals surface area contributed by atoms with Gasteiger partial charge in [0.1, 0.15) is 16.3 Å². The average Bonchev–Trinajstić information content (AvgIpc) is 2.86. The van der Waals surface area contributed by atoms with E-state index in [-0.39, 0.29) is 53.8 Å². The number of alkyl halides is 2. The normalized spacial score (nSPS) is 16.1. The maximum absolute atomic E-state index is 13.0. The number of benzene rings is 1. The van der Waals surface area contributed by atoms with Gasteiger partial charge in [0.25, 0.3) is 5.91 Å². The zero-order valence-corrected chi connectivity index (χ0v) is 16.8. The van der Waals surface area contributed by atoms with Crippen molar-refractivity contribution in [3.8, 4) is 5.75 Å². The number of hydrogen-bond donors (Lipinski definition) is 0. The summed E-state index contributed by atoms with van der Waals surface area (Å²) in [7, 11) is -3.83. The third kappa shape index (κ3) is 4.40.